The molecular weight excluding hydrogens is 471 g/mol. The zero-order chi connectivity index (χ0) is 22.2. The Morgan fingerprint density at radius 3 is 1.82 bits per heavy atom. The van der Waals surface area contributed by atoms with Crippen LogP contribution in [0.2, 0.25) is 0 Å². The third kappa shape index (κ3) is 7.21. The van der Waals surface area contributed by atoms with Gasteiger partial charge in [0.15, 0.2) is 0 Å². The molecule has 34 heavy (non-hydrogen) atoms. The van der Waals surface area contributed by atoms with Gasteiger partial charge in [-0.2, -0.15) is 0 Å². The molecule has 1 aliphatic heterocycles. The van der Waals surface area contributed by atoms with Crippen LogP contribution < -0.4 is 4.74 Å². The first-order chi connectivity index (χ1) is 15.7. The Morgan fingerprint density at radius 2 is 1.32 bits per heavy atom. The summed E-state index contributed by atoms with van der Waals surface area (Å²) in [5.41, 5.74) is 3.19. The minimum Gasteiger partial charge on any atom is -0.497 e. The zero-order valence-corrected chi connectivity index (χ0v) is 21.0. The lowest BCUT2D eigenvalue weighted by molar-refractivity contribution is 0.0407. The highest BCUT2D eigenvalue weighted by atomic mass is 35.5. The van der Waals surface area contributed by atoms with Crippen LogP contribution in [-0.4, -0.2) is 62.2 Å². The van der Waals surface area contributed by atoms with Crippen molar-refractivity contribution in [3.8, 4) is 5.75 Å². The molecule has 5 nitrogen and oxygen atoms in total. The summed E-state index contributed by atoms with van der Waals surface area (Å²) < 4.78 is 10.6. The van der Waals surface area contributed by atoms with Crippen molar-refractivity contribution >= 4 is 30.8 Å². The fourth-order valence-corrected chi connectivity index (χ4v) is 4.21. The largest absolute Gasteiger partial charge is 0.497 e. The van der Waals surface area contributed by atoms with Gasteiger partial charge < -0.3 is 9.47 Å². The number of ether oxygens (including phenoxy) is 2. The number of rotatable bonds is 8. The van der Waals surface area contributed by atoms with Crippen molar-refractivity contribution in [1.82, 2.24) is 9.80 Å². The summed E-state index contributed by atoms with van der Waals surface area (Å²) in [6.07, 6.45) is 0. The average Bonchev–Trinajstić information content (AvgIpc) is 2.86. The minimum absolute atomic E-state index is 0. The highest BCUT2D eigenvalue weighted by Gasteiger charge is 2.26. The lowest BCUT2D eigenvalue weighted by atomic mass is 9.96. The van der Waals surface area contributed by atoms with Crippen LogP contribution in [-0.2, 0) is 4.74 Å². The van der Waals surface area contributed by atoms with E-state index in [4.69, 9.17) is 9.47 Å². The van der Waals surface area contributed by atoms with Crippen molar-refractivity contribution in [2.24, 2.45) is 0 Å². The van der Waals surface area contributed by atoms with Gasteiger partial charge in [0.05, 0.1) is 18.7 Å². The maximum absolute atomic E-state index is 12.3. The van der Waals surface area contributed by atoms with E-state index in [1.807, 2.05) is 0 Å². The molecule has 3 aromatic carbocycles. The Bertz CT molecular complexity index is 940. The Morgan fingerprint density at radius 1 is 0.794 bits per heavy atom. The number of piperazine rings is 1. The van der Waals surface area contributed by atoms with Gasteiger partial charge in [-0.25, -0.2) is 4.79 Å². The molecule has 4 rings (SSSR count). The molecule has 1 heterocycles. The molecule has 0 N–H and O–H groups in total. The maximum atomic E-state index is 12.3. The first-order valence-electron chi connectivity index (χ1n) is 11.1. The number of benzene rings is 3. The molecule has 1 saturated heterocycles. The summed E-state index contributed by atoms with van der Waals surface area (Å²) in [5, 5.41) is 0. The van der Waals surface area contributed by atoms with Crippen LogP contribution in [0.15, 0.2) is 84.9 Å². The van der Waals surface area contributed by atoms with Crippen molar-refractivity contribution in [3.63, 3.8) is 0 Å². The standard InChI is InChI=1S/C27H30N2O3.2ClH/c1-31-25-14-12-24(13-15-25)27(30)32-21-20-28-16-18-29(19-17-28)26(22-8-4-2-5-9-22)23-10-6-3-7-11-23;;/h2-15,26H,16-21H2,1H3;2*1H. The van der Waals surface area contributed by atoms with Gasteiger partial charge in [-0.3, -0.25) is 9.80 Å². The lowest BCUT2D eigenvalue weighted by Crippen LogP contribution is -2.48. The van der Waals surface area contributed by atoms with Crippen LogP contribution in [0, 0.1) is 0 Å². The number of halogens is 2. The van der Waals surface area contributed by atoms with Gasteiger partial charge in [0.2, 0.25) is 0 Å². The second kappa shape index (κ2) is 14.0. The smallest absolute Gasteiger partial charge is 0.338 e. The summed E-state index contributed by atoms with van der Waals surface area (Å²) in [7, 11) is 1.61. The van der Waals surface area contributed by atoms with Crippen molar-refractivity contribution < 1.29 is 14.3 Å². The summed E-state index contributed by atoms with van der Waals surface area (Å²) >= 11 is 0. The number of nitrogens with zero attached hydrogens (tertiary/aromatic N) is 2. The molecule has 0 bridgehead atoms. The zero-order valence-electron chi connectivity index (χ0n) is 19.3. The van der Waals surface area contributed by atoms with E-state index in [0.29, 0.717) is 12.2 Å². The van der Waals surface area contributed by atoms with Crippen LogP contribution in [0.4, 0.5) is 0 Å². The van der Waals surface area contributed by atoms with E-state index in [9.17, 15) is 4.79 Å². The quantitative estimate of drug-likeness (QED) is 0.400. The van der Waals surface area contributed by atoms with Crippen molar-refractivity contribution in [3.05, 3.63) is 102 Å². The van der Waals surface area contributed by atoms with Crippen molar-refractivity contribution in [2.45, 2.75) is 6.04 Å². The third-order valence-corrected chi connectivity index (χ3v) is 5.97. The van der Waals surface area contributed by atoms with Gasteiger partial charge >= 0.3 is 5.97 Å². The molecule has 0 aromatic heterocycles. The Balaban J connectivity index is 0.00000204. The predicted octanol–water partition coefficient (Wildman–Crippen LogP) is 5.10. The fourth-order valence-electron chi connectivity index (χ4n) is 4.21. The van der Waals surface area contributed by atoms with Crippen molar-refractivity contribution in [2.75, 3.05) is 46.4 Å². The fraction of sp³-hybridized carbons (Fsp3) is 0.296. The molecule has 7 heteroatoms. The van der Waals surface area contributed by atoms with E-state index in [0.717, 1.165) is 38.5 Å². The van der Waals surface area contributed by atoms with Crippen LogP contribution >= 0.6 is 24.8 Å². The molecule has 0 spiro atoms. The van der Waals surface area contributed by atoms with E-state index in [1.54, 1.807) is 31.4 Å². The number of carbonyl (C=O) groups is 1. The number of hydrogen-bond donors (Lipinski definition) is 0. The molecule has 0 saturated carbocycles. The van der Waals surface area contributed by atoms with E-state index < -0.39 is 0 Å². The molecule has 0 unspecified atom stereocenters. The van der Waals surface area contributed by atoms with Crippen LogP contribution in [0.5, 0.6) is 5.75 Å². The number of carbonyl (C=O) groups excluding carboxylic acids is 1. The van der Waals surface area contributed by atoms with Gasteiger partial charge in [-0.05, 0) is 35.4 Å². The Hall–Kier alpha value is -2.57. The van der Waals surface area contributed by atoms with Gasteiger partial charge in [-0.15, -0.1) is 24.8 Å². The van der Waals surface area contributed by atoms with E-state index in [-0.39, 0.29) is 36.8 Å². The molecule has 0 radical (unpaired) electrons. The molecule has 3 aromatic rings. The van der Waals surface area contributed by atoms with E-state index in [2.05, 4.69) is 70.5 Å². The molecular formula is C27H32Cl2N2O3. The topological polar surface area (TPSA) is 42.0 Å². The van der Waals surface area contributed by atoms with Gasteiger partial charge in [0, 0.05) is 32.7 Å². The monoisotopic (exact) mass is 502 g/mol. The highest BCUT2D eigenvalue weighted by Crippen LogP contribution is 2.29. The third-order valence-electron chi connectivity index (χ3n) is 5.97. The van der Waals surface area contributed by atoms with Crippen LogP contribution in [0.3, 0.4) is 0 Å². The van der Waals surface area contributed by atoms with Crippen molar-refractivity contribution in [1.29, 1.82) is 0 Å². The van der Waals surface area contributed by atoms with Crippen LogP contribution in [0.25, 0.3) is 0 Å². The molecule has 1 fully saturated rings. The number of hydrogen-bond acceptors (Lipinski definition) is 5. The summed E-state index contributed by atoms with van der Waals surface area (Å²) in [5.74, 6) is 0.434. The first kappa shape index (κ1) is 27.7. The molecule has 1 aliphatic rings. The minimum atomic E-state index is -0.292. The SMILES string of the molecule is COc1ccc(C(=O)OCCN2CCN(C(c3ccccc3)c3ccccc3)CC2)cc1.Cl.Cl. The highest BCUT2D eigenvalue weighted by molar-refractivity contribution is 5.89. The normalized spacial score (nSPS) is 14.1. The first-order valence-corrected chi connectivity index (χ1v) is 11.1. The number of methoxy groups -OCH3 is 1. The Labute approximate surface area is 214 Å². The van der Waals surface area contributed by atoms with Gasteiger partial charge in [-0.1, -0.05) is 60.7 Å². The molecule has 182 valence electrons. The molecule has 0 amide bonds. The second-order valence-corrected chi connectivity index (χ2v) is 7.97. The van der Waals surface area contributed by atoms with E-state index >= 15 is 0 Å². The maximum Gasteiger partial charge on any atom is 0.338 e. The number of esters is 1. The predicted molar refractivity (Wildman–Crippen MR) is 141 cm³/mol. The van der Waals surface area contributed by atoms with Gasteiger partial charge in [0.25, 0.3) is 0 Å². The molecule has 0 aliphatic carbocycles. The summed E-state index contributed by atoms with van der Waals surface area (Å²) in [6.45, 7) is 5.00. The summed E-state index contributed by atoms with van der Waals surface area (Å²) in [6, 6.07) is 28.7. The molecule has 0 atom stereocenters. The summed E-state index contributed by atoms with van der Waals surface area (Å²) in [4.78, 5) is 17.2. The van der Waals surface area contributed by atoms with Gasteiger partial charge in [0.1, 0.15) is 12.4 Å². The second-order valence-electron chi connectivity index (χ2n) is 7.97. The van der Waals surface area contributed by atoms with Crippen LogP contribution in [0.1, 0.15) is 27.5 Å². The lowest BCUT2D eigenvalue weighted by Gasteiger charge is -2.39. The van der Waals surface area contributed by atoms with E-state index in [1.165, 1.54) is 11.1 Å². The Kier molecular flexibility index (Phi) is 11.4. The average molecular weight is 503 g/mol.